The molecule has 3 nitrogen and oxygen atoms in total. The number of hydrogen-bond donors (Lipinski definition) is 0. The van der Waals surface area contributed by atoms with Gasteiger partial charge in [-0.3, -0.25) is 10.1 Å². The minimum absolute atomic E-state index is 0.187. The van der Waals surface area contributed by atoms with Crippen molar-refractivity contribution in [2.75, 3.05) is 5.75 Å². The lowest BCUT2D eigenvalue weighted by atomic mass is 10.2. The number of thioether (sulfide) groups is 1. The maximum Gasteiger partial charge on any atom is 0.222 e. The SMILES string of the molecule is CCc1ccc(SCC(CC)[N+](=O)[O-])cc1. The van der Waals surface area contributed by atoms with Crippen LogP contribution in [-0.2, 0) is 6.42 Å². The van der Waals surface area contributed by atoms with E-state index in [0.29, 0.717) is 12.2 Å². The Morgan fingerprint density at radius 2 is 1.94 bits per heavy atom. The molecule has 4 heteroatoms. The summed E-state index contributed by atoms with van der Waals surface area (Å²) in [4.78, 5) is 11.6. The second-order valence-corrected chi connectivity index (χ2v) is 4.75. The van der Waals surface area contributed by atoms with Crippen molar-refractivity contribution in [2.45, 2.75) is 37.6 Å². The monoisotopic (exact) mass is 239 g/mol. The summed E-state index contributed by atoms with van der Waals surface area (Å²) in [6.45, 7) is 3.97. The van der Waals surface area contributed by atoms with E-state index in [0.717, 1.165) is 11.3 Å². The standard InChI is InChI=1S/C12H17NO2S/c1-3-10-5-7-12(8-6-10)16-9-11(4-2)13(14)15/h5-8,11H,3-4,9H2,1-2H3. The van der Waals surface area contributed by atoms with E-state index in [2.05, 4.69) is 19.1 Å². The van der Waals surface area contributed by atoms with Crippen molar-refractivity contribution in [1.29, 1.82) is 0 Å². The quantitative estimate of drug-likeness (QED) is 0.434. The van der Waals surface area contributed by atoms with Gasteiger partial charge in [-0.15, -0.1) is 11.8 Å². The Bertz CT molecular complexity index is 337. The van der Waals surface area contributed by atoms with E-state index < -0.39 is 6.04 Å². The van der Waals surface area contributed by atoms with Crippen LogP contribution >= 0.6 is 11.8 Å². The highest BCUT2D eigenvalue weighted by Gasteiger charge is 2.17. The van der Waals surface area contributed by atoms with Gasteiger partial charge in [0.15, 0.2) is 0 Å². The molecular weight excluding hydrogens is 222 g/mol. The van der Waals surface area contributed by atoms with Gasteiger partial charge < -0.3 is 0 Å². The van der Waals surface area contributed by atoms with Gasteiger partial charge in [0.1, 0.15) is 0 Å². The van der Waals surface area contributed by atoms with E-state index in [-0.39, 0.29) is 4.92 Å². The van der Waals surface area contributed by atoms with Crippen LogP contribution in [0.2, 0.25) is 0 Å². The van der Waals surface area contributed by atoms with Crippen molar-refractivity contribution in [2.24, 2.45) is 0 Å². The van der Waals surface area contributed by atoms with E-state index in [1.807, 2.05) is 19.1 Å². The van der Waals surface area contributed by atoms with Gasteiger partial charge in [0.25, 0.3) is 0 Å². The van der Waals surface area contributed by atoms with Gasteiger partial charge >= 0.3 is 0 Å². The molecule has 1 rings (SSSR count). The zero-order valence-electron chi connectivity index (χ0n) is 9.68. The number of benzene rings is 1. The van der Waals surface area contributed by atoms with Gasteiger partial charge in [-0.05, 0) is 24.1 Å². The lowest BCUT2D eigenvalue weighted by molar-refractivity contribution is -0.516. The van der Waals surface area contributed by atoms with Crippen molar-refractivity contribution in [1.82, 2.24) is 0 Å². The molecule has 0 aliphatic carbocycles. The summed E-state index contributed by atoms with van der Waals surface area (Å²) in [5, 5.41) is 10.6. The maximum atomic E-state index is 10.6. The largest absolute Gasteiger partial charge is 0.264 e. The lowest BCUT2D eigenvalue weighted by Crippen LogP contribution is -2.20. The summed E-state index contributed by atoms with van der Waals surface area (Å²) in [6, 6.07) is 7.80. The Hall–Kier alpha value is -1.03. The first-order valence-corrected chi connectivity index (χ1v) is 6.51. The smallest absolute Gasteiger partial charge is 0.222 e. The Morgan fingerprint density at radius 1 is 1.31 bits per heavy atom. The Morgan fingerprint density at radius 3 is 2.38 bits per heavy atom. The van der Waals surface area contributed by atoms with Crippen LogP contribution in [-0.4, -0.2) is 16.7 Å². The first kappa shape index (κ1) is 13.0. The number of hydrogen-bond acceptors (Lipinski definition) is 3. The van der Waals surface area contributed by atoms with Gasteiger partial charge in [0.2, 0.25) is 6.04 Å². The molecule has 1 aromatic rings. The van der Waals surface area contributed by atoms with Crippen molar-refractivity contribution in [3.05, 3.63) is 39.9 Å². The second kappa shape index (κ2) is 6.53. The van der Waals surface area contributed by atoms with E-state index in [4.69, 9.17) is 0 Å². The molecule has 0 aromatic heterocycles. The molecule has 0 amide bonds. The third kappa shape index (κ3) is 3.85. The number of nitro groups is 1. The first-order valence-electron chi connectivity index (χ1n) is 5.52. The van der Waals surface area contributed by atoms with Crippen LogP contribution in [0.1, 0.15) is 25.8 Å². The van der Waals surface area contributed by atoms with E-state index in [1.165, 1.54) is 5.56 Å². The number of nitrogens with zero attached hydrogens (tertiary/aromatic N) is 1. The molecule has 0 saturated heterocycles. The van der Waals surface area contributed by atoms with Crippen molar-refractivity contribution in [3.63, 3.8) is 0 Å². The molecule has 0 spiro atoms. The van der Waals surface area contributed by atoms with E-state index in [9.17, 15) is 10.1 Å². The summed E-state index contributed by atoms with van der Waals surface area (Å²) in [7, 11) is 0. The summed E-state index contributed by atoms with van der Waals surface area (Å²) in [6.07, 6.45) is 1.62. The first-order chi connectivity index (χ1) is 7.67. The van der Waals surface area contributed by atoms with Crippen LogP contribution in [0.15, 0.2) is 29.2 Å². The highest BCUT2D eigenvalue weighted by Crippen LogP contribution is 2.21. The summed E-state index contributed by atoms with van der Waals surface area (Å²) < 4.78 is 0. The van der Waals surface area contributed by atoms with Crippen LogP contribution in [0.4, 0.5) is 0 Å². The van der Waals surface area contributed by atoms with Gasteiger partial charge in [0, 0.05) is 16.2 Å². The highest BCUT2D eigenvalue weighted by atomic mass is 32.2. The van der Waals surface area contributed by atoms with Crippen molar-refractivity contribution < 1.29 is 4.92 Å². The third-order valence-electron chi connectivity index (χ3n) is 2.54. The van der Waals surface area contributed by atoms with Crippen LogP contribution in [0, 0.1) is 10.1 Å². The molecule has 1 unspecified atom stereocenters. The zero-order valence-corrected chi connectivity index (χ0v) is 10.5. The fourth-order valence-electron chi connectivity index (χ4n) is 1.34. The second-order valence-electron chi connectivity index (χ2n) is 3.66. The molecule has 1 atom stereocenters. The van der Waals surface area contributed by atoms with Crippen LogP contribution in [0.3, 0.4) is 0 Å². The van der Waals surface area contributed by atoms with Gasteiger partial charge in [-0.25, -0.2) is 0 Å². The Balaban J connectivity index is 2.50. The molecule has 0 N–H and O–H groups in total. The molecular formula is C12H17NO2S. The molecule has 0 radical (unpaired) electrons. The fraction of sp³-hybridized carbons (Fsp3) is 0.500. The number of aryl methyl sites for hydroxylation is 1. The van der Waals surface area contributed by atoms with Gasteiger partial charge in [-0.1, -0.05) is 26.0 Å². The molecule has 0 fully saturated rings. The summed E-state index contributed by atoms with van der Waals surface area (Å²) in [5.74, 6) is 0.551. The fourth-order valence-corrected chi connectivity index (χ4v) is 2.41. The zero-order chi connectivity index (χ0) is 12.0. The molecule has 88 valence electrons. The maximum absolute atomic E-state index is 10.6. The predicted octanol–water partition coefficient (Wildman–Crippen LogP) is 3.40. The highest BCUT2D eigenvalue weighted by molar-refractivity contribution is 7.99. The molecule has 0 aliphatic heterocycles. The van der Waals surface area contributed by atoms with Crippen molar-refractivity contribution in [3.8, 4) is 0 Å². The molecule has 0 saturated carbocycles. The van der Waals surface area contributed by atoms with E-state index >= 15 is 0 Å². The molecule has 1 aromatic carbocycles. The molecule has 0 heterocycles. The summed E-state index contributed by atoms with van der Waals surface area (Å²) >= 11 is 1.56. The van der Waals surface area contributed by atoms with Gasteiger partial charge in [-0.2, -0.15) is 0 Å². The Labute approximate surface area is 100 Å². The lowest BCUT2D eigenvalue weighted by Gasteiger charge is -2.06. The number of rotatable bonds is 6. The minimum Gasteiger partial charge on any atom is -0.264 e. The summed E-state index contributed by atoms with van der Waals surface area (Å²) in [5.41, 5.74) is 1.30. The topological polar surface area (TPSA) is 43.1 Å². The normalized spacial score (nSPS) is 12.4. The molecule has 0 bridgehead atoms. The van der Waals surface area contributed by atoms with Crippen LogP contribution in [0.25, 0.3) is 0 Å². The van der Waals surface area contributed by atoms with Crippen LogP contribution in [0.5, 0.6) is 0 Å². The minimum atomic E-state index is -0.434. The third-order valence-corrected chi connectivity index (χ3v) is 3.70. The van der Waals surface area contributed by atoms with Crippen molar-refractivity contribution >= 4 is 11.8 Å². The van der Waals surface area contributed by atoms with E-state index in [1.54, 1.807) is 11.8 Å². The predicted molar refractivity (Wildman–Crippen MR) is 67.6 cm³/mol. The average Bonchev–Trinajstić information content (AvgIpc) is 2.30. The molecule has 0 aliphatic rings. The molecule has 16 heavy (non-hydrogen) atoms. The average molecular weight is 239 g/mol. The Kier molecular flexibility index (Phi) is 5.32. The van der Waals surface area contributed by atoms with Gasteiger partial charge in [0.05, 0.1) is 5.75 Å². The van der Waals surface area contributed by atoms with Crippen LogP contribution < -0.4 is 0 Å².